The molecule has 8 heteroatoms. The van der Waals surface area contributed by atoms with Gasteiger partial charge in [0.15, 0.2) is 0 Å². The van der Waals surface area contributed by atoms with E-state index in [0.717, 1.165) is 25.9 Å². The van der Waals surface area contributed by atoms with Crippen LogP contribution in [0.4, 0.5) is 4.39 Å². The number of aromatic nitrogens is 1. The lowest BCUT2D eigenvalue weighted by atomic mass is 10.0. The van der Waals surface area contributed by atoms with Crippen molar-refractivity contribution in [2.75, 3.05) is 13.1 Å². The molecule has 1 saturated heterocycles. The average molecular weight is 460 g/mol. The van der Waals surface area contributed by atoms with Gasteiger partial charge in [-0.15, -0.1) is 0 Å². The maximum absolute atomic E-state index is 14.7. The normalized spacial score (nSPS) is 15.1. The van der Waals surface area contributed by atoms with E-state index in [-0.39, 0.29) is 22.9 Å². The fourth-order valence-corrected chi connectivity index (χ4v) is 4.04. The Labute approximate surface area is 189 Å². The number of benzene rings is 2. The van der Waals surface area contributed by atoms with Crippen molar-refractivity contribution in [2.24, 2.45) is 5.16 Å². The smallest absolute Gasteiger partial charge is 0.255 e. The Balaban J connectivity index is 1.82. The van der Waals surface area contributed by atoms with Gasteiger partial charge in [-0.3, -0.25) is 9.36 Å². The second-order valence-electron chi connectivity index (χ2n) is 7.17. The molecule has 1 aliphatic heterocycles. The van der Waals surface area contributed by atoms with Crippen LogP contribution in [0.1, 0.15) is 24.0 Å². The highest BCUT2D eigenvalue weighted by atomic mass is 35.5. The first-order valence-electron chi connectivity index (χ1n) is 9.91. The van der Waals surface area contributed by atoms with Gasteiger partial charge in [-0.05, 0) is 56.3 Å². The van der Waals surface area contributed by atoms with E-state index < -0.39 is 5.82 Å². The van der Waals surface area contributed by atoms with Crippen LogP contribution in [0.2, 0.25) is 10.0 Å². The van der Waals surface area contributed by atoms with Gasteiger partial charge in [0, 0.05) is 23.4 Å². The van der Waals surface area contributed by atoms with Gasteiger partial charge in [-0.1, -0.05) is 46.6 Å². The molecule has 3 aromatic rings. The van der Waals surface area contributed by atoms with Crippen LogP contribution in [0.25, 0.3) is 5.69 Å². The van der Waals surface area contributed by atoms with Gasteiger partial charge in [-0.2, -0.15) is 0 Å². The second kappa shape index (κ2) is 9.64. The highest BCUT2D eigenvalue weighted by Gasteiger charge is 2.19. The van der Waals surface area contributed by atoms with Crippen LogP contribution in [0, 0.1) is 5.82 Å². The number of hydrogen-bond donors (Lipinski definition) is 1. The van der Waals surface area contributed by atoms with E-state index in [1.54, 1.807) is 48.7 Å². The molecule has 2 aromatic carbocycles. The Bertz CT molecular complexity index is 1150. The summed E-state index contributed by atoms with van der Waals surface area (Å²) in [6.07, 6.45) is 3.10. The molecule has 0 saturated carbocycles. The van der Waals surface area contributed by atoms with Gasteiger partial charge >= 0.3 is 0 Å². The van der Waals surface area contributed by atoms with Gasteiger partial charge in [-0.25, -0.2) is 4.39 Å². The summed E-state index contributed by atoms with van der Waals surface area (Å²) in [6, 6.07) is 14.3. The monoisotopic (exact) mass is 459 g/mol. The number of oxime groups is 1. The van der Waals surface area contributed by atoms with E-state index >= 15 is 0 Å². The van der Waals surface area contributed by atoms with Crippen molar-refractivity contribution < 1.29 is 9.23 Å². The van der Waals surface area contributed by atoms with E-state index in [1.165, 1.54) is 16.7 Å². The summed E-state index contributed by atoms with van der Waals surface area (Å²) in [5.41, 5.74) is 1.07. The molecule has 4 rings (SSSR count). The molecule has 31 heavy (non-hydrogen) atoms. The van der Waals surface area contributed by atoms with Crippen LogP contribution in [0.15, 0.2) is 70.7 Å². The molecular formula is C23H20Cl2FN3O2. The minimum atomic E-state index is -0.441. The number of halogens is 3. The van der Waals surface area contributed by atoms with Crippen LogP contribution < -0.4 is 10.9 Å². The van der Waals surface area contributed by atoms with Crippen molar-refractivity contribution in [1.82, 2.24) is 9.88 Å². The predicted molar refractivity (Wildman–Crippen MR) is 121 cm³/mol. The lowest BCUT2D eigenvalue weighted by Gasteiger charge is -2.21. The van der Waals surface area contributed by atoms with Gasteiger partial charge < -0.3 is 10.2 Å². The first-order chi connectivity index (χ1) is 15.0. The Morgan fingerprint density at radius 2 is 1.74 bits per heavy atom. The number of rotatable bonds is 5. The van der Waals surface area contributed by atoms with Crippen molar-refractivity contribution in [3.63, 3.8) is 0 Å². The molecule has 1 N–H and O–H groups in total. The quantitative estimate of drug-likeness (QED) is 0.440. The van der Waals surface area contributed by atoms with Gasteiger partial charge in [0.1, 0.15) is 17.6 Å². The van der Waals surface area contributed by atoms with Crippen molar-refractivity contribution >= 4 is 28.9 Å². The summed E-state index contributed by atoms with van der Waals surface area (Å²) in [6.45, 7) is 1.68. The topological polar surface area (TPSA) is 55.6 Å². The first kappa shape index (κ1) is 21.6. The maximum atomic E-state index is 14.7. The second-order valence-corrected chi connectivity index (χ2v) is 7.99. The summed E-state index contributed by atoms with van der Waals surface area (Å²) >= 11 is 12.6. The van der Waals surface area contributed by atoms with E-state index in [2.05, 4.69) is 10.5 Å². The standard InChI is InChI=1S/C23H20Cl2FN3O2/c24-18-5-3-6-19(25)23(18)29-14-15(8-9-21(29)30)22(17-4-1-2-7-20(17)26)28-31-16-10-12-27-13-11-16/h1-9,14,16,27H,10-13H2. The highest BCUT2D eigenvalue weighted by Crippen LogP contribution is 2.28. The number of para-hydroxylation sites is 1. The Morgan fingerprint density at radius 3 is 2.45 bits per heavy atom. The minimum absolute atomic E-state index is 0.0630. The van der Waals surface area contributed by atoms with E-state index in [1.807, 2.05) is 0 Å². The predicted octanol–water partition coefficient (Wildman–Crippen LogP) is 4.80. The van der Waals surface area contributed by atoms with Crippen LogP contribution in [-0.4, -0.2) is 29.5 Å². The van der Waals surface area contributed by atoms with Gasteiger partial charge in [0.05, 0.1) is 15.7 Å². The fourth-order valence-electron chi connectivity index (χ4n) is 3.46. The third-order valence-electron chi connectivity index (χ3n) is 5.07. The first-order valence-corrected chi connectivity index (χ1v) is 10.7. The number of nitrogens with zero attached hydrogens (tertiary/aromatic N) is 2. The van der Waals surface area contributed by atoms with Crippen molar-refractivity contribution in [1.29, 1.82) is 0 Å². The molecular weight excluding hydrogens is 440 g/mol. The van der Waals surface area contributed by atoms with Crippen molar-refractivity contribution in [3.05, 3.63) is 98.1 Å². The molecule has 1 aliphatic rings. The summed E-state index contributed by atoms with van der Waals surface area (Å²) in [7, 11) is 0. The average Bonchev–Trinajstić information content (AvgIpc) is 2.77. The van der Waals surface area contributed by atoms with E-state index in [0.29, 0.717) is 21.3 Å². The highest BCUT2D eigenvalue weighted by molar-refractivity contribution is 6.37. The molecule has 2 heterocycles. The summed E-state index contributed by atoms with van der Waals surface area (Å²) in [4.78, 5) is 18.4. The molecule has 160 valence electrons. The molecule has 0 bridgehead atoms. The van der Waals surface area contributed by atoms with Crippen LogP contribution in [0.5, 0.6) is 0 Å². The Hall–Kier alpha value is -2.67. The zero-order valence-electron chi connectivity index (χ0n) is 16.5. The number of hydrogen-bond acceptors (Lipinski definition) is 4. The lowest BCUT2D eigenvalue weighted by Crippen LogP contribution is -2.31. The van der Waals surface area contributed by atoms with Crippen LogP contribution in [0.3, 0.4) is 0 Å². The Kier molecular flexibility index (Phi) is 6.70. The van der Waals surface area contributed by atoms with Crippen LogP contribution >= 0.6 is 23.2 Å². The zero-order chi connectivity index (χ0) is 21.8. The van der Waals surface area contributed by atoms with Gasteiger partial charge in [0.2, 0.25) is 0 Å². The number of pyridine rings is 1. The summed E-state index contributed by atoms with van der Waals surface area (Å²) < 4.78 is 16.0. The molecule has 0 spiro atoms. The molecule has 5 nitrogen and oxygen atoms in total. The van der Waals surface area contributed by atoms with Crippen LogP contribution in [-0.2, 0) is 4.84 Å². The molecule has 0 amide bonds. The molecule has 0 unspecified atom stereocenters. The Morgan fingerprint density at radius 1 is 1.03 bits per heavy atom. The lowest BCUT2D eigenvalue weighted by molar-refractivity contribution is 0.0378. The maximum Gasteiger partial charge on any atom is 0.255 e. The van der Waals surface area contributed by atoms with Crippen molar-refractivity contribution in [3.8, 4) is 5.69 Å². The zero-order valence-corrected chi connectivity index (χ0v) is 18.0. The number of nitrogens with one attached hydrogen (secondary N) is 1. The largest absolute Gasteiger partial charge is 0.392 e. The molecule has 1 fully saturated rings. The van der Waals surface area contributed by atoms with E-state index in [9.17, 15) is 9.18 Å². The molecule has 0 atom stereocenters. The third kappa shape index (κ3) is 4.82. The number of piperidine rings is 1. The fraction of sp³-hybridized carbons (Fsp3) is 0.217. The third-order valence-corrected chi connectivity index (χ3v) is 5.68. The minimum Gasteiger partial charge on any atom is -0.392 e. The summed E-state index contributed by atoms with van der Waals surface area (Å²) in [5, 5.41) is 8.23. The molecule has 1 aromatic heterocycles. The molecule has 0 aliphatic carbocycles. The van der Waals surface area contributed by atoms with Gasteiger partial charge in [0.25, 0.3) is 5.56 Å². The van der Waals surface area contributed by atoms with E-state index in [4.69, 9.17) is 28.0 Å². The SMILES string of the molecule is O=c1ccc(C(=NOC2CCNCC2)c2ccccc2F)cn1-c1c(Cl)cccc1Cl. The van der Waals surface area contributed by atoms with Crippen molar-refractivity contribution in [2.45, 2.75) is 18.9 Å². The summed E-state index contributed by atoms with van der Waals surface area (Å²) in [5.74, 6) is -0.441. The molecule has 0 radical (unpaired) electrons.